The number of ether oxygens (including phenoxy) is 1. The molecule has 0 aromatic heterocycles. The average Bonchev–Trinajstić information content (AvgIpc) is 3.07. The third-order valence-corrected chi connectivity index (χ3v) is 4.96. The van der Waals surface area contributed by atoms with Gasteiger partial charge in [-0.05, 0) is 23.8 Å². The topological polar surface area (TPSA) is 57.1 Å². The number of nitrogens with zero attached hydrogens (tertiary/aromatic N) is 1. The minimum atomic E-state index is -1.12. The molecule has 29 heavy (non-hydrogen) atoms. The quantitative estimate of drug-likeness (QED) is 0.659. The first-order chi connectivity index (χ1) is 14.0. The second-order valence-corrected chi connectivity index (χ2v) is 6.76. The molecule has 1 heterocycles. The van der Waals surface area contributed by atoms with Crippen molar-refractivity contribution in [1.82, 2.24) is 0 Å². The second kappa shape index (κ2) is 7.06. The van der Waals surface area contributed by atoms with Gasteiger partial charge in [0.05, 0.1) is 30.1 Å². The Labute approximate surface area is 165 Å². The number of nitriles is 1. The van der Waals surface area contributed by atoms with E-state index in [0.29, 0.717) is 28.3 Å². The Kier molecular flexibility index (Phi) is 4.55. The van der Waals surface area contributed by atoms with E-state index < -0.39 is 23.1 Å². The van der Waals surface area contributed by atoms with Crippen molar-refractivity contribution in [1.29, 1.82) is 5.26 Å². The number of hydrogen-bond acceptors (Lipinski definition) is 4. The van der Waals surface area contributed by atoms with Gasteiger partial charge < -0.3 is 15.4 Å². The van der Waals surface area contributed by atoms with Crippen LogP contribution >= 0.6 is 0 Å². The lowest BCUT2D eigenvalue weighted by molar-refractivity contribution is 0.396. The molecule has 1 aliphatic rings. The monoisotopic (exact) mass is 395 g/mol. The van der Waals surface area contributed by atoms with Gasteiger partial charge in [-0.1, -0.05) is 24.3 Å². The summed E-state index contributed by atoms with van der Waals surface area (Å²) in [5, 5.41) is 15.3. The van der Waals surface area contributed by atoms with E-state index in [1.165, 1.54) is 19.2 Å². The van der Waals surface area contributed by atoms with Gasteiger partial charge in [0, 0.05) is 24.1 Å². The molecule has 0 saturated heterocycles. The number of hydrogen-bond donors (Lipinski definition) is 2. The van der Waals surface area contributed by atoms with Crippen molar-refractivity contribution in [2.45, 2.75) is 12.1 Å². The smallest absolute Gasteiger partial charge is 0.161 e. The molecule has 0 radical (unpaired) electrons. The second-order valence-electron chi connectivity index (χ2n) is 6.76. The highest BCUT2D eigenvalue weighted by Crippen LogP contribution is 2.45. The van der Waals surface area contributed by atoms with Gasteiger partial charge in [-0.25, -0.2) is 13.2 Å². The first kappa shape index (κ1) is 18.7. The molecule has 4 rings (SSSR count). The Morgan fingerprint density at radius 2 is 1.59 bits per heavy atom. The lowest BCUT2D eigenvalue weighted by Gasteiger charge is -2.33. The summed E-state index contributed by atoms with van der Waals surface area (Å²) in [7, 11) is 1.51. The lowest BCUT2D eigenvalue weighted by atomic mass is 9.91. The van der Waals surface area contributed by atoms with E-state index in [0.717, 1.165) is 18.2 Å². The molecule has 0 aliphatic carbocycles. The van der Waals surface area contributed by atoms with E-state index in [1.807, 2.05) is 6.07 Å². The van der Waals surface area contributed by atoms with Crippen molar-refractivity contribution in [2.75, 3.05) is 17.7 Å². The summed E-state index contributed by atoms with van der Waals surface area (Å²) >= 11 is 0. The molecule has 3 aromatic rings. The zero-order valence-corrected chi connectivity index (χ0v) is 15.4. The Morgan fingerprint density at radius 1 is 0.931 bits per heavy atom. The molecule has 146 valence electrons. The fourth-order valence-corrected chi connectivity index (χ4v) is 3.61. The fourth-order valence-electron chi connectivity index (χ4n) is 3.61. The van der Waals surface area contributed by atoms with Crippen LogP contribution in [0.3, 0.4) is 0 Å². The number of rotatable bonds is 4. The van der Waals surface area contributed by atoms with Gasteiger partial charge in [-0.15, -0.1) is 0 Å². The molecule has 2 N–H and O–H groups in total. The molecule has 1 aliphatic heterocycles. The molecule has 7 heteroatoms. The van der Waals surface area contributed by atoms with Crippen LogP contribution in [0.15, 0.2) is 54.6 Å². The molecular formula is C22H16F3N3O. The van der Waals surface area contributed by atoms with Gasteiger partial charge >= 0.3 is 0 Å². The Balaban J connectivity index is 1.84. The standard InChI is InChI=1S/C22H16F3N3O/c1-29-21-5-3-2-4-15(21)22(11-14-7-6-13(12-26)8-16(14)23)27-19-9-17(24)18(25)10-20(19)28-22/h2-10,27-28H,11H2,1H3. The maximum atomic E-state index is 14.7. The largest absolute Gasteiger partial charge is 0.496 e. The van der Waals surface area contributed by atoms with E-state index in [2.05, 4.69) is 10.6 Å². The predicted octanol–water partition coefficient (Wildman–Crippen LogP) is 4.92. The van der Waals surface area contributed by atoms with Crippen LogP contribution in [-0.2, 0) is 12.1 Å². The summed E-state index contributed by atoms with van der Waals surface area (Å²) in [6.45, 7) is 0. The van der Waals surface area contributed by atoms with Crippen molar-refractivity contribution >= 4 is 11.4 Å². The first-order valence-corrected chi connectivity index (χ1v) is 8.83. The number of benzene rings is 3. The molecule has 3 aromatic carbocycles. The maximum absolute atomic E-state index is 14.7. The first-order valence-electron chi connectivity index (χ1n) is 8.83. The Bertz CT molecular complexity index is 1110. The van der Waals surface area contributed by atoms with Gasteiger partial charge in [-0.2, -0.15) is 5.26 Å². The molecule has 0 bridgehead atoms. The minimum absolute atomic E-state index is 0.0861. The van der Waals surface area contributed by atoms with E-state index in [1.54, 1.807) is 24.3 Å². The normalized spacial score (nSPS) is 13.8. The highest BCUT2D eigenvalue weighted by atomic mass is 19.2. The molecular weight excluding hydrogens is 379 g/mol. The number of fused-ring (bicyclic) bond motifs is 1. The minimum Gasteiger partial charge on any atom is -0.496 e. The van der Waals surface area contributed by atoms with Crippen LogP contribution in [0, 0.1) is 28.8 Å². The highest BCUT2D eigenvalue weighted by Gasteiger charge is 2.41. The van der Waals surface area contributed by atoms with Crippen molar-refractivity contribution in [2.24, 2.45) is 0 Å². The van der Waals surface area contributed by atoms with Gasteiger partial charge in [0.25, 0.3) is 0 Å². The van der Waals surface area contributed by atoms with Crippen LogP contribution in [-0.4, -0.2) is 7.11 Å². The van der Waals surface area contributed by atoms with Gasteiger partial charge in [0.15, 0.2) is 11.6 Å². The van der Waals surface area contributed by atoms with Crippen LogP contribution in [0.2, 0.25) is 0 Å². The molecule has 0 unspecified atom stereocenters. The van der Waals surface area contributed by atoms with Crippen LogP contribution in [0.4, 0.5) is 24.5 Å². The fraction of sp³-hybridized carbons (Fsp3) is 0.136. The number of para-hydroxylation sites is 1. The zero-order chi connectivity index (χ0) is 20.6. The summed E-state index contributed by atoms with van der Waals surface area (Å²) in [5.74, 6) is -2.00. The summed E-state index contributed by atoms with van der Waals surface area (Å²) in [6.07, 6.45) is 0.0861. The Hall–Kier alpha value is -3.66. The molecule has 0 fully saturated rings. The van der Waals surface area contributed by atoms with Crippen molar-refractivity contribution in [3.63, 3.8) is 0 Å². The highest BCUT2D eigenvalue weighted by molar-refractivity contribution is 5.78. The van der Waals surface area contributed by atoms with E-state index in [-0.39, 0.29) is 12.0 Å². The third kappa shape index (κ3) is 3.23. The summed E-state index contributed by atoms with van der Waals surface area (Å²) in [6, 6.07) is 15.4. The maximum Gasteiger partial charge on any atom is 0.161 e. The number of nitrogens with one attached hydrogen (secondary N) is 2. The van der Waals surface area contributed by atoms with Crippen LogP contribution in [0.25, 0.3) is 0 Å². The SMILES string of the molecule is COc1ccccc1C1(Cc2ccc(C#N)cc2F)Nc2cc(F)c(F)cc2N1. The number of methoxy groups -OCH3 is 1. The summed E-state index contributed by atoms with van der Waals surface area (Å²) in [5.41, 5.74) is 0.751. The summed E-state index contributed by atoms with van der Waals surface area (Å²) < 4.78 is 47.7. The molecule has 0 amide bonds. The molecule has 0 spiro atoms. The third-order valence-electron chi connectivity index (χ3n) is 4.96. The van der Waals surface area contributed by atoms with Gasteiger partial charge in [-0.3, -0.25) is 0 Å². The predicted molar refractivity (Wildman–Crippen MR) is 103 cm³/mol. The summed E-state index contributed by atoms with van der Waals surface area (Å²) in [4.78, 5) is 0. The molecule has 0 saturated carbocycles. The average molecular weight is 395 g/mol. The Morgan fingerprint density at radius 3 is 2.17 bits per heavy atom. The van der Waals surface area contributed by atoms with Crippen molar-refractivity contribution in [3.8, 4) is 11.8 Å². The van der Waals surface area contributed by atoms with Crippen LogP contribution in [0.1, 0.15) is 16.7 Å². The lowest BCUT2D eigenvalue weighted by Crippen LogP contribution is -2.41. The van der Waals surface area contributed by atoms with E-state index >= 15 is 0 Å². The number of halogens is 3. The van der Waals surface area contributed by atoms with Crippen molar-refractivity contribution < 1.29 is 17.9 Å². The van der Waals surface area contributed by atoms with Crippen molar-refractivity contribution in [3.05, 3.63) is 88.7 Å². The van der Waals surface area contributed by atoms with Crippen LogP contribution < -0.4 is 15.4 Å². The zero-order valence-electron chi connectivity index (χ0n) is 15.4. The van der Waals surface area contributed by atoms with Gasteiger partial charge in [0.1, 0.15) is 17.2 Å². The molecule has 4 nitrogen and oxygen atoms in total. The van der Waals surface area contributed by atoms with E-state index in [4.69, 9.17) is 10.00 Å². The number of anilines is 2. The molecule has 0 atom stereocenters. The van der Waals surface area contributed by atoms with Gasteiger partial charge in [0.2, 0.25) is 0 Å². The van der Waals surface area contributed by atoms with Crippen LogP contribution in [0.5, 0.6) is 5.75 Å². The van der Waals surface area contributed by atoms with E-state index in [9.17, 15) is 13.2 Å².